The lowest BCUT2D eigenvalue weighted by Crippen LogP contribution is -2.57. The molecule has 1 atom stereocenters. The zero-order valence-electron chi connectivity index (χ0n) is 22.7. The van der Waals surface area contributed by atoms with Gasteiger partial charge < -0.3 is 14.8 Å². The molecule has 1 N–H and O–H groups in total. The second-order valence-electron chi connectivity index (χ2n) is 10.4. The predicted molar refractivity (Wildman–Crippen MR) is 146 cm³/mol. The van der Waals surface area contributed by atoms with Crippen molar-refractivity contribution in [3.8, 4) is 0 Å². The topological polar surface area (TPSA) is 73.5 Å². The monoisotopic (exact) mass is 601 g/mol. The summed E-state index contributed by atoms with van der Waals surface area (Å²) < 4.78 is 81.2. The summed E-state index contributed by atoms with van der Waals surface area (Å²) in [5.74, 6) is -1.56. The molecular formula is C31H25F6N3O3. The molecule has 1 aliphatic heterocycles. The Bertz CT molecular complexity index is 1660. The number of H-pyrrole nitrogens is 1. The summed E-state index contributed by atoms with van der Waals surface area (Å²) in [6.07, 6.45) is -8.32. The summed E-state index contributed by atoms with van der Waals surface area (Å²) in [5.41, 5.74) is -1.63. The normalized spacial score (nSPS) is 16.0. The number of aromatic nitrogens is 1. The lowest BCUT2D eigenvalue weighted by atomic mass is 9.98. The van der Waals surface area contributed by atoms with Crippen LogP contribution in [0.1, 0.15) is 54.7 Å². The number of piperazine rings is 1. The molecule has 0 spiro atoms. The lowest BCUT2D eigenvalue weighted by Gasteiger charge is -2.42. The second kappa shape index (κ2) is 11.2. The number of para-hydroxylation sites is 1. The zero-order chi connectivity index (χ0) is 31.1. The van der Waals surface area contributed by atoms with Crippen LogP contribution in [0.15, 0.2) is 72.9 Å². The largest absolute Gasteiger partial charge is 0.416 e. The number of alkyl halides is 6. The smallest absolute Gasteiger partial charge is 0.361 e. The number of benzene rings is 3. The number of Topliss-reactive ketones (excluding diaryl/α,β-unsaturated/α-hetero) is 1. The number of nitrogens with one attached hydrogen (secondary N) is 1. The van der Waals surface area contributed by atoms with E-state index in [9.17, 15) is 40.7 Å². The molecule has 4 aromatic rings. The number of aromatic amines is 1. The number of fused-ring (bicyclic) bond motifs is 1. The van der Waals surface area contributed by atoms with Crippen LogP contribution in [0.2, 0.25) is 0 Å². The van der Waals surface area contributed by atoms with E-state index in [0.29, 0.717) is 23.3 Å². The highest BCUT2D eigenvalue weighted by molar-refractivity contribution is 5.98. The van der Waals surface area contributed by atoms with E-state index in [0.717, 1.165) is 16.5 Å². The number of hydrogen-bond acceptors (Lipinski definition) is 3. The molecule has 3 aromatic carbocycles. The fourth-order valence-electron chi connectivity index (χ4n) is 5.31. The minimum absolute atomic E-state index is 0.00545. The molecule has 1 fully saturated rings. The van der Waals surface area contributed by atoms with Crippen molar-refractivity contribution < 1.29 is 40.7 Å². The van der Waals surface area contributed by atoms with Crippen LogP contribution >= 0.6 is 0 Å². The van der Waals surface area contributed by atoms with Crippen LogP contribution < -0.4 is 0 Å². The van der Waals surface area contributed by atoms with Gasteiger partial charge in [-0.3, -0.25) is 14.4 Å². The Kier molecular flexibility index (Phi) is 7.80. The Balaban J connectivity index is 1.49. The van der Waals surface area contributed by atoms with Gasteiger partial charge in [-0.15, -0.1) is 0 Å². The Morgan fingerprint density at radius 2 is 1.40 bits per heavy atom. The van der Waals surface area contributed by atoms with Gasteiger partial charge in [0.15, 0.2) is 5.78 Å². The third-order valence-electron chi connectivity index (χ3n) is 7.53. The fraction of sp³-hybridized carbons (Fsp3) is 0.258. The Morgan fingerprint density at radius 1 is 0.791 bits per heavy atom. The van der Waals surface area contributed by atoms with Gasteiger partial charge in [0.2, 0.25) is 0 Å². The van der Waals surface area contributed by atoms with Crippen molar-refractivity contribution in [3.63, 3.8) is 0 Å². The minimum Gasteiger partial charge on any atom is -0.361 e. The Morgan fingerprint density at radius 3 is 2.00 bits per heavy atom. The number of carbonyl (C=O) groups is 3. The molecule has 2 amide bonds. The van der Waals surface area contributed by atoms with E-state index >= 15 is 0 Å². The van der Waals surface area contributed by atoms with Crippen LogP contribution in [0.3, 0.4) is 0 Å². The highest BCUT2D eigenvalue weighted by Gasteiger charge is 2.39. The van der Waals surface area contributed by atoms with Gasteiger partial charge in [0.25, 0.3) is 11.8 Å². The quantitative estimate of drug-likeness (QED) is 0.207. The molecule has 0 bridgehead atoms. The zero-order valence-corrected chi connectivity index (χ0v) is 22.7. The maximum atomic E-state index is 13.7. The standard InChI is InChI=1S/C31H25F6N3O3/c1-18(41)19-6-8-20(9-7-19)28(42)39-10-11-40(25(17-39)14-22-16-38-27-5-3-2-4-26(22)27)29(43)21-12-23(30(32,33)34)15-24(13-21)31(35,36)37/h2-9,12-13,15-16,25,38H,10-11,14,17H2,1H3. The first kappa shape index (κ1) is 29.9. The van der Waals surface area contributed by atoms with E-state index in [1.807, 2.05) is 24.3 Å². The second-order valence-corrected chi connectivity index (χ2v) is 10.4. The number of nitrogens with zero attached hydrogens (tertiary/aromatic N) is 2. The summed E-state index contributed by atoms with van der Waals surface area (Å²) >= 11 is 0. The summed E-state index contributed by atoms with van der Waals surface area (Å²) in [6.45, 7) is 1.24. The molecule has 1 saturated heterocycles. The fourth-order valence-corrected chi connectivity index (χ4v) is 5.31. The van der Waals surface area contributed by atoms with Gasteiger partial charge in [-0.2, -0.15) is 26.3 Å². The first-order valence-electron chi connectivity index (χ1n) is 13.3. The molecule has 12 heteroatoms. The molecule has 43 heavy (non-hydrogen) atoms. The van der Waals surface area contributed by atoms with Crippen molar-refractivity contribution in [1.82, 2.24) is 14.8 Å². The van der Waals surface area contributed by atoms with Crippen molar-refractivity contribution in [3.05, 3.63) is 106 Å². The van der Waals surface area contributed by atoms with Crippen LogP contribution in [-0.4, -0.2) is 58.1 Å². The Labute approximate surface area is 241 Å². The van der Waals surface area contributed by atoms with Crippen LogP contribution in [-0.2, 0) is 18.8 Å². The van der Waals surface area contributed by atoms with Gasteiger partial charge in [0, 0.05) is 53.4 Å². The molecule has 1 unspecified atom stereocenters. The van der Waals surface area contributed by atoms with E-state index in [2.05, 4.69) is 4.98 Å². The van der Waals surface area contributed by atoms with E-state index in [4.69, 9.17) is 0 Å². The number of amides is 2. The number of halogens is 6. The van der Waals surface area contributed by atoms with E-state index in [1.54, 1.807) is 6.20 Å². The summed E-state index contributed by atoms with van der Waals surface area (Å²) in [5, 5.41) is 0.830. The molecule has 0 radical (unpaired) electrons. The van der Waals surface area contributed by atoms with E-state index < -0.39 is 41.0 Å². The van der Waals surface area contributed by atoms with Gasteiger partial charge >= 0.3 is 12.4 Å². The number of hydrogen-bond donors (Lipinski definition) is 1. The number of rotatable bonds is 5. The third-order valence-corrected chi connectivity index (χ3v) is 7.53. The first-order chi connectivity index (χ1) is 20.2. The van der Waals surface area contributed by atoms with Crippen LogP contribution in [0.4, 0.5) is 26.3 Å². The van der Waals surface area contributed by atoms with Crippen molar-refractivity contribution in [2.45, 2.75) is 31.7 Å². The minimum atomic E-state index is -5.11. The molecule has 224 valence electrons. The van der Waals surface area contributed by atoms with Gasteiger partial charge in [0.05, 0.1) is 17.2 Å². The SMILES string of the molecule is CC(=O)c1ccc(C(=O)N2CCN(C(=O)c3cc(C(F)(F)F)cc(C(F)(F)F)c3)C(Cc3c[nH]c4ccccc34)C2)cc1. The van der Waals surface area contributed by atoms with Gasteiger partial charge in [-0.05, 0) is 55.3 Å². The molecule has 6 nitrogen and oxygen atoms in total. The molecule has 5 rings (SSSR count). The maximum absolute atomic E-state index is 13.7. The van der Waals surface area contributed by atoms with Crippen LogP contribution in [0, 0.1) is 0 Å². The Hall–Kier alpha value is -4.61. The van der Waals surface area contributed by atoms with Gasteiger partial charge in [0.1, 0.15) is 0 Å². The predicted octanol–water partition coefficient (Wildman–Crippen LogP) is 6.62. The van der Waals surface area contributed by atoms with Crippen molar-refractivity contribution >= 4 is 28.5 Å². The van der Waals surface area contributed by atoms with Gasteiger partial charge in [-0.1, -0.05) is 30.3 Å². The number of carbonyl (C=O) groups excluding carboxylic acids is 3. The number of ketones is 1. The average Bonchev–Trinajstić information content (AvgIpc) is 3.38. The molecule has 1 aromatic heterocycles. The summed E-state index contributed by atoms with van der Waals surface area (Å²) in [4.78, 5) is 44.5. The molecule has 0 saturated carbocycles. The highest BCUT2D eigenvalue weighted by atomic mass is 19.4. The van der Waals surface area contributed by atoms with Crippen molar-refractivity contribution in [2.24, 2.45) is 0 Å². The molecule has 2 heterocycles. The van der Waals surface area contributed by atoms with E-state index in [-0.39, 0.29) is 43.8 Å². The van der Waals surface area contributed by atoms with Gasteiger partial charge in [-0.25, -0.2) is 0 Å². The van der Waals surface area contributed by atoms with Crippen LogP contribution in [0.25, 0.3) is 10.9 Å². The van der Waals surface area contributed by atoms with Crippen molar-refractivity contribution in [1.29, 1.82) is 0 Å². The van der Waals surface area contributed by atoms with Crippen molar-refractivity contribution in [2.75, 3.05) is 19.6 Å². The maximum Gasteiger partial charge on any atom is 0.416 e. The molecular weight excluding hydrogens is 576 g/mol. The molecule has 0 aliphatic carbocycles. The van der Waals surface area contributed by atoms with Crippen LogP contribution in [0.5, 0.6) is 0 Å². The third kappa shape index (κ3) is 6.27. The van der Waals surface area contributed by atoms with E-state index in [1.165, 1.54) is 41.0 Å². The summed E-state index contributed by atoms with van der Waals surface area (Å²) in [6, 6.07) is 13.4. The highest BCUT2D eigenvalue weighted by Crippen LogP contribution is 2.37. The first-order valence-corrected chi connectivity index (χ1v) is 13.3. The molecule has 1 aliphatic rings. The summed E-state index contributed by atoms with van der Waals surface area (Å²) in [7, 11) is 0. The average molecular weight is 602 g/mol. The lowest BCUT2D eigenvalue weighted by molar-refractivity contribution is -0.143.